The van der Waals surface area contributed by atoms with Crippen molar-refractivity contribution in [2.45, 2.75) is 38.6 Å². The molecule has 0 spiro atoms. The van der Waals surface area contributed by atoms with E-state index in [0.29, 0.717) is 0 Å². The highest BCUT2D eigenvalue weighted by molar-refractivity contribution is 5.15. The Bertz CT molecular complexity index is 502. The van der Waals surface area contributed by atoms with Crippen molar-refractivity contribution in [3.05, 3.63) is 30.6 Å². The molecule has 3 heterocycles. The van der Waals surface area contributed by atoms with Crippen LogP contribution in [0, 0.1) is 0 Å². The van der Waals surface area contributed by atoms with Gasteiger partial charge in [-0.05, 0) is 26.2 Å². The number of aromatic nitrogens is 4. The first-order valence-corrected chi connectivity index (χ1v) is 6.64. The summed E-state index contributed by atoms with van der Waals surface area (Å²) in [7, 11) is 0. The summed E-state index contributed by atoms with van der Waals surface area (Å²) >= 11 is 0. The molecule has 0 aromatic carbocycles. The van der Waals surface area contributed by atoms with Gasteiger partial charge in [0.1, 0.15) is 11.9 Å². The minimum atomic E-state index is -0.136. The summed E-state index contributed by atoms with van der Waals surface area (Å²) < 4.78 is 13.4. The zero-order valence-electron chi connectivity index (χ0n) is 11.0. The zero-order chi connectivity index (χ0) is 13.1. The monoisotopic (exact) mass is 262 g/mol. The van der Waals surface area contributed by atoms with Gasteiger partial charge in [0.05, 0.1) is 0 Å². The lowest BCUT2D eigenvalue weighted by atomic mass is 10.2. The highest BCUT2D eigenvalue weighted by Gasteiger charge is 2.21. The number of ether oxygens (including phenoxy) is 2. The third-order valence-corrected chi connectivity index (χ3v) is 3.24. The van der Waals surface area contributed by atoms with E-state index >= 15 is 0 Å². The van der Waals surface area contributed by atoms with E-state index in [1.54, 1.807) is 18.6 Å². The summed E-state index contributed by atoms with van der Waals surface area (Å²) in [5.41, 5.74) is 0. The molecule has 0 bridgehead atoms. The van der Waals surface area contributed by atoms with E-state index in [1.165, 1.54) is 0 Å². The van der Waals surface area contributed by atoms with Crippen molar-refractivity contribution in [2.75, 3.05) is 6.61 Å². The number of nitrogens with zero attached hydrogens (tertiary/aromatic N) is 3. The van der Waals surface area contributed by atoms with Crippen LogP contribution in [-0.4, -0.2) is 32.4 Å². The topological polar surface area (TPSA) is 65.0 Å². The number of imidazole rings is 2. The molecule has 19 heavy (non-hydrogen) atoms. The maximum atomic E-state index is 5.93. The van der Waals surface area contributed by atoms with E-state index in [4.69, 9.17) is 9.47 Å². The molecular weight excluding hydrogens is 244 g/mol. The van der Waals surface area contributed by atoms with E-state index < -0.39 is 0 Å². The summed E-state index contributed by atoms with van der Waals surface area (Å²) in [6.07, 6.45) is 10.1. The van der Waals surface area contributed by atoms with Crippen LogP contribution < -0.4 is 0 Å². The first kappa shape index (κ1) is 12.4. The predicted octanol–water partition coefficient (Wildman–Crippen LogP) is 2.20. The number of rotatable bonds is 4. The zero-order valence-corrected chi connectivity index (χ0v) is 11.0. The van der Waals surface area contributed by atoms with Crippen molar-refractivity contribution in [3.8, 4) is 5.95 Å². The van der Waals surface area contributed by atoms with Gasteiger partial charge >= 0.3 is 0 Å². The number of aromatic amines is 1. The lowest BCUT2D eigenvalue weighted by Crippen LogP contribution is -2.24. The molecule has 0 radical (unpaired) electrons. The molecule has 3 rings (SSSR count). The van der Waals surface area contributed by atoms with Crippen molar-refractivity contribution in [3.63, 3.8) is 0 Å². The quantitative estimate of drug-likeness (QED) is 0.917. The molecule has 6 heteroatoms. The normalized spacial score (nSPS) is 21.4. The molecule has 1 saturated heterocycles. The summed E-state index contributed by atoms with van der Waals surface area (Å²) in [6.45, 7) is 2.77. The Kier molecular flexibility index (Phi) is 3.61. The molecule has 6 nitrogen and oxygen atoms in total. The molecule has 2 aromatic heterocycles. The van der Waals surface area contributed by atoms with Crippen LogP contribution in [0.2, 0.25) is 0 Å². The van der Waals surface area contributed by atoms with Crippen LogP contribution >= 0.6 is 0 Å². The molecular formula is C13H18N4O2. The molecule has 1 unspecified atom stereocenters. The van der Waals surface area contributed by atoms with Crippen LogP contribution in [0.5, 0.6) is 0 Å². The Hall–Kier alpha value is -1.66. The largest absolute Gasteiger partial charge is 0.353 e. The van der Waals surface area contributed by atoms with Gasteiger partial charge in [0, 0.05) is 31.4 Å². The van der Waals surface area contributed by atoms with Crippen LogP contribution in [0.25, 0.3) is 5.95 Å². The average molecular weight is 262 g/mol. The van der Waals surface area contributed by atoms with Gasteiger partial charge in [-0.1, -0.05) is 0 Å². The molecule has 0 aliphatic carbocycles. The fraction of sp³-hybridized carbons (Fsp3) is 0.538. The Balaban J connectivity index is 1.73. The Morgan fingerprint density at radius 3 is 3.11 bits per heavy atom. The molecule has 1 fully saturated rings. The molecule has 2 atom stereocenters. The van der Waals surface area contributed by atoms with Crippen molar-refractivity contribution in [1.82, 2.24) is 19.5 Å². The van der Waals surface area contributed by atoms with E-state index in [9.17, 15) is 0 Å². The number of hydrogen-bond acceptors (Lipinski definition) is 4. The maximum absolute atomic E-state index is 5.93. The number of H-pyrrole nitrogens is 1. The Labute approximate surface area is 111 Å². The molecule has 0 amide bonds. The predicted molar refractivity (Wildman–Crippen MR) is 68.8 cm³/mol. The van der Waals surface area contributed by atoms with Gasteiger partial charge in [-0.25, -0.2) is 9.97 Å². The lowest BCUT2D eigenvalue weighted by molar-refractivity contribution is -0.187. The van der Waals surface area contributed by atoms with E-state index in [0.717, 1.165) is 37.6 Å². The maximum Gasteiger partial charge on any atom is 0.212 e. The minimum absolute atomic E-state index is 0.120. The molecule has 0 saturated carbocycles. The second-order valence-electron chi connectivity index (χ2n) is 4.64. The Morgan fingerprint density at radius 2 is 2.37 bits per heavy atom. The second-order valence-corrected chi connectivity index (χ2v) is 4.64. The third-order valence-electron chi connectivity index (χ3n) is 3.24. The molecule has 102 valence electrons. The van der Waals surface area contributed by atoms with Crippen molar-refractivity contribution >= 4 is 0 Å². The minimum Gasteiger partial charge on any atom is -0.353 e. The summed E-state index contributed by atoms with van der Waals surface area (Å²) in [5, 5.41) is 0. The Morgan fingerprint density at radius 1 is 1.42 bits per heavy atom. The number of hydrogen-bond donors (Lipinski definition) is 1. The van der Waals surface area contributed by atoms with Crippen LogP contribution in [0.1, 0.15) is 38.1 Å². The van der Waals surface area contributed by atoms with Gasteiger partial charge in [0.25, 0.3) is 0 Å². The van der Waals surface area contributed by atoms with Crippen LogP contribution in [0.3, 0.4) is 0 Å². The SMILES string of the molecule is C[C@H](OC1CCCCO1)c1nccn1-c1ncc[nH]1. The van der Waals surface area contributed by atoms with E-state index in [-0.39, 0.29) is 12.4 Å². The molecule has 1 N–H and O–H groups in total. The third kappa shape index (κ3) is 2.69. The highest BCUT2D eigenvalue weighted by atomic mass is 16.7. The van der Waals surface area contributed by atoms with Gasteiger partial charge < -0.3 is 14.5 Å². The first-order chi connectivity index (χ1) is 9.34. The summed E-state index contributed by atoms with van der Waals surface area (Å²) in [5.74, 6) is 1.57. The summed E-state index contributed by atoms with van der Waals surface area (Å²) in [4.78, 5) is 11.7. The fourth-order valence-corrected chi connectivity index (χ4v) is 2.29. The highest BCUT2D eigenvalue weighted by Crippen LogP contribution is 2.23. The van der Waals surface area contributed by atoms with Gasteiger partial charge in [0.15, 0.2) is 6.29 Å². The first-order valence-electron chi connectivity index (χ1n) is 6.64. The van der Waals surface area contributed by atoms with Gasteiger partial charge in [-0.15, -0.1) is 0 Å². The molecule has 2 aromatic rings. The smallest absolute Gasteiger partial charge is 0.212 e. The van der Waals surface area contributed by atoms with Gasteiger partial charge in [-0.3, -0.25) is 4.57 Å². The van der Waals surface area contributed by atoms with Gasteiger partial charge in [0.2, 0.25) is 5.95 Å². The molecule has 1 aliphatic heterocycles. The van der Waals surface area contributed by atoms with E-state index in [2.05, 4.69) is 15.0 Å². The summed E-state index contributed by atoms with van der Waals surface area (Å²) in [6, 6.07) is 0. The van der Waals surface area contributed by atoms with Crippen molar-refractivity contribution in [2.24, 2.45) is 0 Å². The van der Waals surface area contributed by atoms with Crippen molar-refractivity contribution < 1.29 is 9.47 Å². The van der Waals surface area contributed by atoms with Gasteiger partial charge in [-0.2, -0.15) is 0 Å². The van der Waals surface area contributed by atoms with Crippen molar-refractivity contribution in [1.29, 1.82) is 0 Å². The second kappa shape index (κ2) is 5.54. The standard InChI is InChI=1S/C13H18N4O2/c1-10(19-11-4-2-3-9-18-11)12-14-7-8-17(12)13-15-5-6-16-13/h5-8,10-11H,2-4,9H2,1H3,(H,15,16)/t10-,11?/m0/s1. The fourth-order valence-electron chi connectivity index (χ4n) is 2.29. The van der Waals surface area contributed by atoms with E-state index in [1.807, 2.05) is 17.7 Å². The number of nitrogens with one attached hydrogen (secondary N) is 1. The lowest BCUT2D eigenvalue weighted by Gasteiger charge is -2.25. The van der Waals surface area contributed by atoms with Crippen LogP contribution in [0.4, 0.5) is 0 Å². The average Bonchev–Trinajstić information content (AvgIpc) is 3.10. The van der Waals surface area contributed by atoms with Crippen LogP contribution in [-0.2, 0) is 9.47 Å². The molecule has 1 aliphatic rings. The van der Waals surface area contributed by atoms with Crippen LogP contribution in [0.15, 0.2) is 24.8 Å².